The molecule has 0 saturated heterocycles. The molecule has 0 saturated carbocycles. The standard InChI is InChI=1S/C26H25N3O4/c1-16(2)23(25(31)32)29-15-19-14-18(10-13-22(19)24(29)30)17-8-11-21(12-9-17)28-26(33)27-20-6-4-3-5-7-20/h3-14,16,23H,15H2,1-2H3,(H,31,32)(H2,27,28,33). The van der Waals surface area contributed by atoms with E-state index in [0.29, 0.717) is 16.9 Å². The van der Waals surface area contributed by atoms with Crippen LogP contribution in [0.4, 0.5) is 16.2 Å². The number of benzene rings is 3. The van der Waals surface area contributed by atoms with Crippen molar-refractivity contribution in [2.45, 2.75) is 26.4 Å². The van der Waals surface area contributed by atoms with Crippen molar-refractivity contribution in [3.8, 4) is 11.1 Å². The fraction of sp³-hybridized carbons (Fsp3) is 0.192. The van der Waals surface area contributed by atoms with Gasteiger partial charge in [-0.15, -0.1) is 0 Å². The van der Waals surface area contributed by atoms with Gasteiger partial charge in [-0.1, -0.05) is 50.2 Å². The fourth-order valence-electron chi connectivity index (χ4n) is 4.09. The molecule has 7 heteroatoms. The minimum atomic E-state index is -0.995. The Kier molecular flexibility index (Phi) is 6.13. The first-order valence-corrected chi connectivity index (χ1v) is 10.7. The molecule has 0 bridgehead atoms. The van der Waals surface area contributed by atoms with Gasteiger partial charge in [-0.25, -0.2) is 9.59 Å². The van der Waals surface area contributed by atoms with Gasteiger partial charge in [0.15, 0.2) is 0 Å². The molecule has 0 spiro atoms. The molecule has 33 heavy (non-hydrogen) atoms. The van der Waals surface area contributed by atoms with Gasteiger partial charge in [0.25, 0.3) is 5.91 Å². The first-order chi connectivity index (χ1) is 15.8. The highest BCUT2D eigenvalue weighted by Gasteiger charge is 2.38. The van der Waals surface area contributed by atoms with Crippen LogP contribution in [-0.4, -0.2) is 34.0 Å². The van der Waals surface area contributed by atoms with E-state index in [0.717, 1.165) is 16.7 Å². The molecule has 0 radical (unpaired) electrons. The Bertz CT molecular complexity index is 1190. The lowest BCUT2D eigenvalue weighted by atomic mass is 10.0. The van der Waals surface area contributed by atoms with Crippen molar-refractivity contribution in [2.24, 2.45) is 5.92 Å². The number of urea groups is 1. The molecule has 7 nitrogen and oxygen atoms in total. The molecule has 0 aromatic heterocycles. The Balaban J connectivity index is 1.47. The molecule has 0 fully saturated rings. The number of anilines is 2. The number of nitrogens with one attached hydrogen (secondary N) is 2. The molecule has 1 heterocycles. The highest BCUT2D eigenvalue weighted by atomic mass is 16.4. The summed E-state index contributed by atoms with van der Waals surface area (Å²) in [5.41, 5.74) is 4.55. The Morgan fingerprint density at radius 1 is 0.879 bits per heavy atom. The summed E-state index contributed by atoms with van der Waals surface area (Å²) in [6, 6.07) is 20.9. The summed E-state index contributed by atoms with van der Waals surface area (Å²) in [4.78, 5) is 38.1. The van der Waals surface area contributed by atoms with Crippen molar-refractivity contribution in [2.75, 3.05) is 10.6 Å². The van der Waals surface area contributed by atoms with Gasteiger partial charge in [-0.2, -0.15) is 0 Å². The molecule has 168 valence electrons. The molecule has 1 unspecified atom stereocenters. The lowest BCUT2D eigenvalue weighted by Gasteiger charge is -2.27. The van der Waals surface area contributed by atoms with Crippen LogP contribution < -0.4 is 10.6 Å². The summed E-state index contributed by atoms with van der Waals surface area (Å²) in [7, 11) is 0. The number of hydrogen-bond acceptors (Lipinski definition) is 3. The maximum Gasteiger partial charge on any atom is 0.326 e. The van der Waals surface area contributed by atoms with Crippen LogP contribution in [0.2, 0.25) is 0 Å². The first-order valence-electron chi connectivity index (χ1n) is 10.7. The molecular formula is C26H25N3O4. The van der Waals surface area contributed by atoms with Crippen LogP contribution in [0.15, 0.2) is 72.8 Å². The molecule has 3 amide bonds. The van der Waals surface area contributed by atoms with E-state index in [2.05, 4.69) is 10.6 Å². The zero-order valence-corrected chi connectivity index (χ0v) is 18.4. The predicted molar refractivity (Wildman–Crippen MR) is 127 cm³/mol. The highest BCUT2D eigenvalue weighted by molar-refractivity contribution is 6.01. The van der Waals surface area contributed by atoms with Gasteiger partial charge in [0.1, 0.15) is 6.04 Å². The first kappa shape index (κ1) is 22.1. The largest absolute Gasteiger partial charge is 0.480 e. The van der Waals surface area contributed by atoms with E-state index in [4.69, 9.17) is 0 Å². The normalized spacial score (nSPS) is 13.5. The van der Waals surface area contributed by atoms with Crippen LogP contribution >= 0.6 is 0 Å². The smallest absolute Gasteiger partial charge is 0.326 e. The second-order valence-electron chi connectivity index (χ2n) is 8.35. The summed E-state index contributed by atoms with van der Waals surface area (Å²) in [5.74, 6) is -1.44. The van der Waals surface area contributed by atoms with Gasteiger partial charge < -0.3 is 20.6 Å². The molecule has 1 aliphatic heterocycles. The number of amides is 3. The number of nitrogens with zero attached hydrogens (tertiary/aromatic N) is 1. The zero-order valence-electron chi connectivity index (χ0n) is 18.4. The van der Waals surface area contributed by atoms with E-state index < -0.39 is 12.0 Å². The van der Waals surface area contributed by atoms with Crippen molar-refractivity contribution in [3.63, 3.8) is 0 Å². The zero-order chi connectivity index (χ0) is 23.5. The van der Waals surface area contributed by atoms with Gasteiger partial charge in [0.2, 0.25) is 0 Å². The molecule has 3 aromatic carbocycles. The number of fused-ring (bicyclic) bond motifs is 1. The van der Waals surface area contributed by atoms with E-state index in [1.54, 1.807) is 19.9 Å². The number of carbonyl (C=O) groups is 3. The maximum atomic E-state index is 12.8. The van der Waals surface area contributed by atoms with Gasteiger partial charge in [-0.3, -0.25) is 4.79 Å². The minimum Gasteiger partial charge on any atom is -0.480 e. The van der Waals surface area contributed by atoms with E-state index in [1.807, 2.05) is 66.7 Å². The second-order valence-corrected chi connectivity index (χ2v) is 8.35. The highest BCUT2D eigenvalue weighted by Crippen LogP contribution is 2.31. The van der Waals surface area contributed by atoms with Crippen molar-refractivity contribution in [1.82, 2.24) is 4.90 Å². The fourth-order valence-corrected chi connectivity index (χ4v) is 4.09. The Morgan fingerprint density at radius 3 is 2.09 bits per heavy atom. The lowest BCUT2D eigenvalue weighted by Crippen LogP contribution is -2.44. The van der Waals surface area contributed by atoms with Crippen LogP contribution in [0.5, 0.6) is 0 Å². The Hall–Kier alpha value is -4.13. The van der Waals surface area contributed by atoms with Gasteiger partial charge in [-0.05, 0) is 59.0 Å². The van der Waals surface area contributed by atoms with E-state index in [1.165, 1.54) is 4.90 Å². The third-order valence-electron chi connectivity index (χ3n) is 5.67. The molecule has 1 aliphatic rings. The average Bonchev–Trinajstić information content (AvgIpc) is 3.09. The number of rotatable bonds is 6. The molecule has 3 aromatic rings. The van der Waals surface area contributed by atoms with Crippen molar-refractivity contribution in [1.29, 1.82) is 0 Å². The summed E-state index contributed by atoms with van der Waals surface area (Å²) in [6.45, 7) is 3.88. The Morgan fingerprint density at radius 2 is 1.48 bits per heavy atom. The van der Waals surface area contributed by atoms with Crippen molar-refractivity contribution >= 4 is 29.3 Å². The molecule has 3 N–H and O–H groups in total. The molecule has 4 rings (SSSR count). The quantitative estimate of drug-likeness (QED) is 0.496. The number of carbonyl (C=O) groups excluding carboxylic acids is 2. The predicted octanol–water partition coefficient (Wildman–Crippen LogP) is 5.06. The number of aliphatic carboxylic acids is 1. The third kappa shape index (κ3) is 4.72. The van der Waals surface area contributed by atoms with Crippen LogP contribution in [0.3, 0.4) is 0 Å². The number of carboxylic acid groups (broad SMARTS) is 1. The Labute approximate surface area is 192 Å². The van der Waals surface area contributed by atoms with E-state index in [9.17, 15) is 19.5 Å². The van der Waals surface area contributed by atoms with Gasteiger partial charge in [0.05, 0.1) is 0 Å². The van der Waals surface area contributed by atoms with Crippen LogP contribution in [0.25, 0.3) is 11.1 Å². The number of para-hydroxylation sites is 1. The topological polar surface area (TPSA) is 98.7 Å². The van der Waals surface area contributed by atoms with Crippen molar-refractivity contribution in [3.05, 3.63) is 83.9 Å². The minimum absolute atomic E-state index is 0.195. The summed E-state index contributed by atoms with van der Waals surface area (Å²) in [6.07, 6.45) is 0. The van der Waals surface area contributed by atoms with E-state index >= 15 is 0 Å². The van der Waals surface area contributed by atoms with Crippen LogP contribution in [0.1, 0.15) is 29.8 Å². The summed E-state index contributed by atoms with van der Waals surface area (Å²) in [5, 5.41) is 15.1. The third-order valence-corrected chi connectivity index (χ3v) is 5.67. The summed E-state index contributed by atoms with van der Waals surface area (Å²) >= 11 is 0. The average molecular weight is 444 g/mol. The number of carboxylic acids is 1. The van der Waals surface area contributed by atoms with E-state index in [-0.39, 0.29) is 24.4 Å². The van der Waals surface area contributed by atoms with Gasteiger partial charge >= 0.3 is 12.0 Å². The maximum absolute atomic E-state index is 12.8. The second kappa shape index (κ2) is 9.16. The molecule has 0 aliphatic carbocycles. The van der Waals surface area contributed by atoms with Crippen LogP contribution in [-0.2, 0) is 11.3 Å². The number of hydrogen-bond donors (Lipinski definition) is 3. The lowest BCUT2D eigenvalue weighted by molar-refractivity contribution is -0.144. The SMILES string of the molecule is CC(C)C(C(=O)O)N1Cc2cc(-c3ccc(NC(=O)Nc4ccccc4)cc3)ccc2C1=O. The summed E-state index contributed by atoms with van der Waals surface area (Å²) < 4.78 is 0. The van der Waals surface area contributed by atoms with Crippen molar-refractivity contribution < 1.29 is 19.5 Å². The molecular weight excluding hydrogens is 418 g/mol. The molecule has 1 atom stereocenters. The van der Waals surface area contributed by atoms with Crippen LogP contribution in [0, 0.1) is 5.92 Å². The van der Waals surface area contributed by atoms with Gasteiger partial charge in [0, 0.05) is 23.5 Å². The monoisotopic (exact) mass is 443 g/mol.